The van der Waals surface area contributed by atoms with Crippen molar-refractivity contribution < 1.29 is 19.1 Å². The number of benzene rings is 2. The van der Waals surface area contributed by atoms with Crippen molar-refractivity contribution in [1.82, 2.24) is 14.7 Å². The van der Waals surface area contributed by atoms with E-state index in [1.165, 1.54) is 16.9 Å². The Morgan fingerprint density at radius 1 is 1.00 bits per heavy atom. The van der Waals surface area contributed by atoms with E-state index in [9.17, 15) is 9.59 Å². The van der Waals surface area contributed by atoms with Crippen molar-refractivity contribution in [2.45, 2.75) is 25.5 Å². The van der Waals surface area contributed by atoms with Gasteiger partial charge in [-0.2, -0.15) is 0 Å². The van der Waals surface area contributed by atoms with Crippen LogP contribution >= 0.6 is 11.3 Å². The number of amides is 2. The number of rotatable bonds is 8. The van der Waals surface area contributed by atoms with Gasteiger partial charge in [0.15, 0.2) is 6.10 Å². The molecule has 1 aromatic heterocycles. The molecule has 2 amide bonds. The quantitative estimate of drug-likeness (QED) is 0.437. The van der Waals surface area contributed by atoms with Crippen LogP contribution in [-0.4, -0.2) is 85.6 Å². The van der Waals surface area contributed by atoms with E-state index in [0.29, 0.717) is 32.0 Å². The molecule has 38 heavy (non-hydrogen) atoms. The zero-order valence-electron chi connectivity index (χ0n) is 22.0. The fourth-order valence-electron chi connectivity index (χ4n) is 5.35. The molecule has 2 unspecified atom stereocenters. The Balaban J connectivity index is 1.34. The first-order valence-corrected chi connectivity index (χ1v) is 14.1. The highest BCUT2D eigenvalue weighted by atomic mass is 32.1. The average Bonchev–Trinajstić information content (AvgIpc) is 3.50. The molecule has 0 radical (unpaired) electrons. The predicted octanol–water partition coefficient (Wildman–Crippen LogP) is 4.09. The maximum atomic E-state index is 13.5. The van der Waals surface area contributed by atoms with Crippen LogP contribution in [0.5, 0.6) is 5.75 Å². The number of fused-ring (bicyclic) bond motifs is 1. The molecule has 3 heterocycles. The average molecular weight is 534 g/mol. The number of carbonyl (C=O) groups excluding carboxylic acids is 2. The maximum absolute atomic E-state index is 13.5. The standard InChI is InChI=1S/C30H35N3O4S/c1-22(29(34)32-16-14-31(15-17-32)18-19-36-2)37-25-11-10-23-12-13-33(30(35)27-9-6-20-38-27)28(26(23)21-25)24-7-4-3-5-8-24/h3-11,20-22,28H,12-19H2,1-2H3. The molecule has 0 bridgehead atoms. The molecular formula is C30H35N3O4S. The SMILES string of the molecule is COCCN1CCN(C(=O)C(C)Oc2ccc3c(c2)C(c2ccccc2)N(C(=O)c2cccs2)CC3)CC1. The van der Waals surface area contributed by atoms with Crippen LogP contribution in [0.4, 0.5) is 0 Å². The smallest absolute Gasteiger partial charge is 0.264 e. The monoisotopic (exact) mass is 533 g/mol. The summed E-state index contributed by atoms with van der Waals surface area (Å²) in [5.74, 6) is 0.692. The number of hydrogen-bond donors (Lipinski definition) is 0. The molecule has 0 aliphatic carbocycles. The molecule has 2 aromatic carbocycles. The molecule has 200 valence electrons. The lowest BCUT2D eigenvalue weighted by Crippen LogP contribution is -2.52. The minimum Gasteiger partial charge on any atom is -0.481 e. The van der Waals surface area contributed by atoms with Crippen LogP contribution in [-0.2, 0) is 16.0 Å². The van der Waals surface area contributed by atoms with Crippen LogP contribution in [0.2, 0.25) is 0 Å². The van der Waals surface area contributed by atoms with Gasteiger partial charge in [-0.15, -0.1) is 11.3 Å². The van der Waals surface area contributed by atoms with Crippen LogP contribution in [0.1, 0.15) is 39.3 Å². The molecule has 0 saturated carbocycles. The number of piperazine rings is 1. The first-order valence-electron chi connectivity index (χ1n) is 13.2. The molecule has 3 aromatic rings. The summed E-state index contributed by atoms with van der Waals surface area (Å²) in [6.07, 6.45) is 0.180. The Morgan fingerprint density at radius 2 is 1.79 bits per heavy atom. The molecule has 7 nitrogen and oxygen atoms in total. The fraction of sp³-hybridized carbons (Fsp3) is 0.400. The highest BCUT2D eigenvalue weighted by Gasteiger charge is 2.34. The summed E-state index contributed by atoms with van der Waals surface area (Å²) in [5, 5.41) is 1.94. The summed E-state index contributed by atoms with van der Waals surface area (Å²) in [7, 11) is 1.71. The summed E-state index contributed by atoms with van der Waals surface area (Å²) in [6, 6.07) is 19.8. The van der Waals surface area contributed by atoms with Crippen LogP contribution < -0.4 is 4.74 Å². The van der Waals surface area contributed by atoms with Crippen LogP contribution in [0.25, 0.3) is 0 Å². The van der Waals surface area contributed by atoms with Crippen molar-refractivity contribution in [2.24, 2.45) is 0 Å². The molecule has 5 rings (SSSR count). The third-order valence-corrected chi connectivity index (χ3v) is 8.27. The Hall–Kier alpha value is -3.20. The number of hydrogen-bond acceptors (Lipinski definition) is 6. The first kappa shape index (κ1) is 26.4. The largest absolute Gasteiger partial charge is 0.481 e. The van der Waals surface area contributed by atoms with Gasteiger partial charge in [0, 0.05) is 46.4 Å². The molecule has 8 heteroatoms. The number of methoxy groups -OCH3 is 1. The van der Waals surface area contributed by atoms with Crippen LogP contribution in [0.15, 0.2) is 66.0 Å². The van der Waals surface area contributed by atoms with Gasteiger partial charge in [-0.25, -0.2) is 0 Å². The minimum atomic E-state index is -0.596. The molecule has 1 fully saturated rings. The highest BCUT2D eigenvalue weighted by Crippen LogP contribution is 2.38. The number of ether oxygens (including phenoxy) is 2. The fourth-order valence-corrected chi connectivity index (χ4v) is 6.02. The topological polar surface area (TPSA) is 62.3 Å². The van der Waals surface area contributed by atoms with Gasteiger partial charge < -0.3 is 19.3 Å². The van der Waals surface area contributed by atoms with Crippen molar-refractivity contribution in [1.29, 1.82) is 0 Å². The number of carbonyl (C=O) groups is 2. The van der Waals surface area contributed by atoms with E-state index in [0.717, 1.165) is 42.1 Å². The van der Waals surface area contributed by atoms with Crippen molar-refractivity contribution in [2.75, 3.05) is 53.0 Å². The number of nitrogens with zero attached hydrogens (tertiary/aromatic N) is 3. The van der Waals surface area contributed by atoms with E-state index in [4.69, 9.17) is 9.47 Å². The summed E-state index contributed by atoms with van der Waals surface area (Å²) in [5.41, 5.74) is 3.31. The third kappa shape index (κ3) is 5.77. The second kappa shape index (κ2) is 12.1. The normalized spacial score (nSPS) is 18.6. The predicted molar refractivity (Wildman–Crippen MR) is 149 cm³/mol. The first-order chi connectivity index (χ1) is 18.5. The van der Waals surface area contributed by atoms with E-state index < -0.39 is 6.10 Å². The summed E-state index contributed by atoms with van der Waals surface area (Å²) in [4.78, 5) is 33.6. The summed E-state index contributed by atoms with van der Waals surface area (Å²) >= 11 is 1.47. The molecule has 2 aliphatic rings. The van der Waals surface area contributed by atoms with Gasteiger partial charge in [0.25, 0.3) is 11.8 Å². The van der Waals surface area contributed by atoms with Gasteiger partial charge >= 0.3 is 0 Å². The maximum Gasteiger partial charge on any atom is 0.264 e. The second-order valence-electron chi connectivity index (χ2n) is 9.82. The van der Waals surface area contributed by atoms with Crippen LogP contribution in [0, 0.1) is 0 Å². The van der Waals surface area contributed by atoms with Gasteiger partial charge in [-0.1, -0.05) is 42.5 Å². The van der Waals surface area contributed by atoms with Gasteiger partial charge in [0.05, 0.1) is 17.5 Å². The van der Waals surface area contributed by atoms with Gasteiger partial charge in [-0.3, -0.25) is 14.5 Å². The molecule has 2 aliphatic heterocycles. The molecular weight excluding hydrogens is 498 g/mol. The van der Waals surface area contributed by atoms with Crippen molar-refractivity contribution in [3.05, 3.63) is 87.6 Å². The highest BCUT2D eigenvalue weighted by molar-refractivity contribution is 7.12. The van der Waals surface area contributed by atoms with Gasteiger partial charge in [0.2, 0.25) is 0 Å². The summed E-state index contributed by atoms with van der Waals surface area (Å²) in [6.45, 7) is 7.11. The lowest BCUT2D eigenvalue weighted by Gasteiger charge is -2.38. The van der Waals surface area contributed by atoms with Gasteiger partial charge in [0.1, 0.15) is 5.75 Å². The Kier molecular flexibility index (Phi) is 8.42. The Bertz CT molecular complexity index is 1230. The lowest BCUT2D eigenvalue weighted by molar-refractivity contribution is -0.139. The van der Waals surface area contributed by atoms with E-state index in [1.807, 2.05) is 64.6 Å². The van der Waals surface area contributed by atoms with Crippen LogP contribution in [0.3, 0.4) is 0 Å². The van der Waals surface area contributed by atoms with E-state index in [2.05, 4.69) is 23.1 Å². The van der Waals surface area contributed by atoms with Gasteiger partial charge in [-0.05, 0) is 53.6 Å². The van der Waals surface area contributed by atoms with E-state index in [1.54, 1.807) is 7.11 Å². The number of thiophene rings is 1. The zero-order valence-corrected chi connectivity index (χ0v) is 22.9. The Labute approximate surface area is 228 Å². The molecule has 1 saturated heterocycles. The lowest BCUT2D eigenvalue weighted by atomic mass is 9.87. The molecule has 2 atom stereocenters. The van der Waals surface area contributed by atoms with Crippen molar-refractivity contribution >= 4 is 23.2 Å². The minimum absolute atomic E-state index is 0.00298. The van der Waals surface area contributed by atoms with Crippen molar-refractivity contribution in [3.63, 3.8) is 0 Å². The Morgan fingerprint density at radius 3 is 2.50 bits per heavy atom. The molecule has 0 N–H and O–H groups in total. The molecule has 0 spiro atoms. The zero-order chi connectivity index (χ0) is 26.5. The van der Waals surface area contributed by atoms with E-state index in [-0.39, 0.29) is 17.9 Å². The summed E-state index contributed by atoms with van der Waals surface area (Å²) < 4.78 is 11.4. The second-order valence-corrected chi connectivity index (χ2v) is 10.8. The third-order valence-electron chi connectivity index (χ3n) is 7.41. The van der Waals surface area contributed by atoms with E-state index >= 15 is 0 Å². The van der Waals surface area contributed by atoms with Crippen molar-refractivity contribution in [3.8, 4) is 5.75 Å².